The summed E-state index contributed by atoms with van der Waals surface area (Å²) in [6.45, 7) is 0.462. The second-order valence-corrected chi connectivity index (χ2v) is 8.76. The van der Waals surface area contributed by atoms with Gasteiger partial charge in [0.05, 0.1) is 30.9 Å². The molecule has 1 amide bonds. The lowest BCUT2D eigenvalue weighted by atomic mass is 10.2. The number of rotatable bonds is 6. The van der Waals surface area contributed by atoms with Gasteiger partial charge < -0.3 is 9.73 Å². The third-order valence-corrected chi connectivity index (χ3v) is 6.10. The van der Waals surface area contributed by atoms with Gasteiger partial charge in [0.25, 0.3) is 0 Å². The van der Waals surface area contributed by atoms with Gasteiger partial charge in [-0.15, -0.1) is 0 Å². The highest BCUT2D eigenvalue weighted by molar-refractivity contribution is 7.91. The maximum absolute atomic E-state index is 12.4. The van der Waals surface area contributed by atoms with Crippen LogP contribution in [0.2, 0.25) is 5.02 Å². The first-order valence-electron chi connectivity index (χ1n) is 7.93. The molecule has 0 radical (unpaired) electrons. The first kappa shape index (κ1) is 18.0. The molecular formula is C17H19ClN2O4S. The predicted molar refractivity (Wildman–Crippen MR) is 96.3 cm³/mol. The number of halogens is 1. The van der Waals surface area contributed by atoms with Crippen molar-refractivity contribution in [1.82, 2.24) is 4.90 Å². The zero-order valence-electron chi connectivity index (χ0n) is 13.5. The molecule has 0 bridgehead atoms. The van der Waals surface area contributed by atoms with Crippen molar-refractivity contribution in [2.24, 2.45) is 0 Å². The van der Waals surface area contributed by atoms with Gasteiger partial charge in [0.15, 0.2) is 9.84 Å². The fourth-order valence-corrected chi connectivity index (χ4v) is 4.88. The lowest BCUT2D eigenvalue weighted by Crippen LogP contribution is -2.41. The van der Waals surface area contributed by atoms with Crippen LogP contribution in [0.4, 0.5) is 5.69 Å². The summed E-state index contributed by atoms with van der Waals surface area (Å²) in [6.07, 6.45) is 2.08. The monoisotopic (exact) mass is 382 g/mol. The highest BCUT2D eigenvalue weighted by Gasteiger charge is 2.33. The molecule has 25 heavy (non-hydrogen) atoms. The van der Waals surface area contributed by atoms with Gasteiger partial charge in [0.2, 0.25) is 5.91 Å². The van der Waals surface area contributed by atoms with E-state index in [0.717, 1.165) is 0 Å². The van der Waals surface area contributed by atoms with Crippen LogP contribution < -0.4 is 5.32 Å². The van der Waals surface area contributed by atoms with Gasteiger partial charge in [-0.05, 0) is 36.8 Å². The van der Waals surface area contributed by atoms with E-state index in [1.54, 1.807) is 36.6 Å². The summed E-state index contributed by atoms with van der Waals surface area (Å²) in [5.41, 5.74) is 0.606. The molecule has 0 aliphatic carbocycles. The minimum absolute atomic E-state index is 0.0676. The molecule has 6 nitrogen and oxygen atoms in total. The van der Waals surface area contributed by atoms with Crippen LogP contribution in [-0.4, -0.2) is 43.3 Å². The summed E-state index contributed by atoms with van der Waals surface area (Å²) < 4.78 is 28.9. The Morgan fingerprint density at radius 1 is 1.32 bits per heavy atom. The van der Waals surface area contributed by atoms with Crippen molar-refractivity contribution in [3.8, 4) is 0 Å². The van der Waals surface area contributed by atoms with E-state index in [4.69, 9.17) is 16.0 Å². The number of sulfone groups is 1. The Kier molecular flexibility index (Phi) is 5.46. The van der Waals surface area contributed by atoms with Crippen LogP contribution in [0, 0.1) is 0 Å². The average Bonchev–Trinajstić information content (AvgIpc) is 3.16. The largest absolute Gasteiger partial charge is 0.468 e. The molecule has 1 atom stereocenters. The van der Waals surface area contributed by atoms with Crippen LogP contribution >= 0.6 is 11.6 Å². The van der Waals surface area contributed by atoms with E-state index in [1.807, 2.05) is 11.0 Å². The summed E-state index contributed by atoms with van der Waals surface area (Å²) in [6, 6.07) is 10.3. The van der Waals surface area contributed by atoms with Crippen molar-refractivity contribution in [2.45, 2.75) is 19.0 Å². The summed E-state index contributed by atoms with van der Waals surface area (Å²) in [5, 5.41) is 3.33. The van der Waals surface area contributed by atoms with E-state index < -0.39 is 9.84 Å². The first-order chi connectivity index (χ1) is 11.9. The standard InChI is InChI=1S/C17H19ClN2O4S/c18-13-3-1-4-14(9-13)19-17(21)11-20(10-16-5-2-7-24-16)15-6-8-25(22,23)12-15/h1-5,7,9,15H,6,8,10-12H2,(H,19,21)/t15-/m0/s1. The molecule has 1 N–H and O–H groups in total. The summed E-state index contributed by atoms with van der Waals surface area (Å²) in [4.78, 5) is 14.3. The van der Waals surface area contributed by atoms with Crippen LogP contribution in [0.5, 0.6) is 0 Å². The molecule has 1 saturated heterocycles. The van der Waals surface area contributed by atoms with E-state index >= 15 is 0 Å². The molecule has 8 heteroatoms. The topological polar surface area (TPSA) is 79.6 Å². The molecule has 2 heterocycles. The zero-order valence-corrected chi connectivity index (χ0v) is 15.1. The Balaban J connectivity index is 1.69. The molecule has 134 valence electrons. The second kappa shape index (κ2) is 7.59. The second-order valence-electron chi connectivity index (χ2n) is 6.10. The van der Waals surface area contributed by atoms with Crippen LogP contribution in [0.3, 0.4) is 0 Å². The quantitative estimate of drug-likeness (QED) is 0.830. The lowest BCUT2D eigenvalue weighted by Gasteiger charge is -2.26. The number of carbonyl (C=O) groups excluding carboxylic acids is 1. The summed E-state index contributed by atoms with van der Waals surface area (Å²) >= 11 is 5.92. The van der Waals surface area contributed by atoms with Gasteiger partial charge in [0, 0.05) is 16.8 Å². The first-order valence-corrected chi connectivity index (χ1v) is 10.1. The molecule has 0 spiro atoms. The minimum Gasteiger partial charge on any atom is -0.468 e. The van der Waals surface area contributed by atoms with Gasteiger partial charge in [0.1, 0.15) is 5.76 Å². The van der Waals surface area contributed by atoms with Crippen LogP contribution in [0.1, 0.15) is 12.2 Å². The van der Waals surface area contributed by atoms with Gasteiger partial charge in [-0.3, -0.25) is 9.69 Å². The smallest absolute Gasteiger partial charge is 0.238 e. The Bertz CT molecular complexity index is 836. The normalized spacial score (nSPS) is 19.2. The number of hydrogen-bond donors (Lipinski definition) is 1. The molecule has 0 saturated carbocycles. The van der Waals surface area contributed by atoms with Crippen molar-refractivity contribution >= 4 is 33.0 Å². The molecule has 3 rings (SSSR count). The Labute approximate surface area is 151 Å². The van der Waals surface area contributed by atoms with Crippen molar-refractivity contribution in [1.29, 1.82) is 0 Å². The molecule has 1 aliphatic heterocycles. The fraction of sp³-hybridized carbons (Fsp3) is 0.353. The Hall–Kier alpha value is -1.83. The number of hydrogen-bond acceptors (Lipinski definition) is 5. The van der Waals surface area contributed by atoms with Crippen molar-refractivity contribution < 1.29 is 17.6 Å². The number of carbonyl (C=O) groups is 1. The number of nitrogens with one attached hydrogen (secondary N) is 1. The van der Waals surface area contributed by atoms with Crippen LogP contribution in [0.15, 0.2) is 47.1 Å². The molecule has 0 unspecified atom stereocenters. The Morgan fingerprint density at radius 3 is 2.80 bits per heavy atom. The number of anilines is 1. The van der Waals surface area contributed by atoms with E-state index in [9.17, 15) is 13.2 Å². The van der Waals surface area contributed by atoms with Gasteiger partial charge in [-0.1, -0.05) is 17.7 Å². The Morgan fingerprint density at radius 2 is 2.16 bits per heavy atom. The van der Waals surface area contributed by atoms with Crippen molar-refractivity contribution in [3.63, 3.8) is 0 Å². The summed E-state index contributed by atoms with van der Waals surface area (Å²) in [7, 11) is -3.04. The van der Waals surface area contributed by atoms with E-state index in [-0.39, 0.29) is 30.0 Å². The van der Waals surface area contributed by atoms with Crippen molar-refractivity contribution in [2.75, 3.05) is 23.4 Å². The van der Waals surface area contributed by atoms with E-state index in [1.165, 1.54) is 0 Å². The van der Waals surface area contributed by atoms with Gasteiger partial charge >= 0.3 is 0 Å². The average molecular weight is 383 g/mol. The predicted octanol–water partition coefficient (Wildman–Crippen LogP) is 2.56. The fourth-order valence-electron chi connectivity index (χ4n) is 2.93. The number of amides is 1. The molecular weight excluding hydrogens is 364 g/mol. The van der Waals surface area contributed by atoms with Crippen LogP contribution in [-0.2, 0) is 21.2 Å². The van der Waals surface area contributed by atoms with Gasteiger partial charge in [-0.2, -0.15) is 0 Å². The van der Waals surface area contributed by atoms with E-state index in [0.29, 0.717) is 29.4 Å². The van der Waals surface area contributed by atoms with Crippen LogP contribution in [0.25, 0.3) is 0 Å². The number of furan rings is 1. The third kappa shape index (κ3) is 5.07. The third-order valence-electron chi connectivity index (χ3n) is 4.12. The van der Waals surface area contributed by atoms with Crippen molar-refractivity contribution in [3.05, 3.63) is 53.4 Å². The maximum atomic E-state index is 12.4. The molecule has 1 aromatic heterocycles. The highest BCUT2D eigenvalue weighted by atomic mass is 35.5. The zero-order chi connectivity index (χ0) is 17.9. The number of benzene rings is 1. The molecule has 1 aliphatic rings. The van der Waals surface area contributed by atoms with E-state index in [2.05, 4.69) is 5.32 Å². The number of nitrogens with zero attached hydrogens (tertiary/aromatic N) is 1. The minimum atomic E-state index is -3.04. The lowest BCUT2D eigenvalue weighted by molar-refractivity contribution is -0.118. The SMILES string of the molecule is O=C(CN(Cc1ccco1)[C@H]1CCS(=O)(=O)C1)Nc1cccc(Cl)c1. The molecule has 1 aromatic carbocycles. The summed E-state index contributed by atoms with van der Waals surface area (Å²) in [5.74, 6) is 0.693. The highest BCUT2D eigenvalue weighted by Crippen LogP contribution is 2.21. The van der Waals surface area contributed by atoms with Gasteiger partial charge in [-0.25, -0.2) is 8.42 Å². The molecule has 2 aromatic rings. The maximum Gasteiger partial charge on any atom is 0.238 e. The molecule has 1 fully saturated rings.